The van der Waals surface area contributed by atoms with E-state index in [0.717, 1.165) is 51.3 Å². The van der Waals surface area contributed by atoms with Crippen molar-refractivity contribution in [3.63, 3.8) is 0 Å². The Hall–Kier alpha value is -1.26. The van der Waals surface area contributed by atoms with Crippen LogP contribution in [-0.2, 0) is 6.42 Å². The molecule has 3 N–H and O–H groups in total. The molecule has 1 heterocycles. The second-order valence-corrected chi connectivity index (χ2v) is 6.24. The van der Waals surface area contributed by atoms with E-state index in [2.05, 4.69) is 47.4 Å². The first kappa shape index (κ1) is 16.1. The number of hydrogen-bond acceptors (Lipinski definition) is 4. The maximum absolute atomic E-state index is 6.22. The van der Waals surface area contributed by atoms with E-state index in [9.17, 15) is 0 Å². The lowest BCUT2D eigenvalue weighted by atomic mass is 10.1. The smallest absolute Gasteiger partial charge is 0.0600 e. The Kier molecular flexibility index (Phi) is 6.33. The van der Waals surface area contributed by atoms with E-state index in [1.54, 1.807) is 0 Å². The summed E-state index contributed by atoms with van der Waals surface area (Å²) in [5, 5.41) is 3.48. The molecule has 0 aliphatic carbocycles. The molecule has 0 atom stereocenters. The van der Waals surface area contributed by atoms with Gasteiger partial charge in [0.05, 0.1) is 11.4 Å². The summed E-state index contributed by atoms with van der Waals surface area (Å²) < 4.78 is 0. The molecule has 2 rings (SSSR count). The third kappa shape index (κ3) is 5.21. The van der Waals surface area contributed by atoms with Crippen molar-refractivity contribution in [3.8, 4) is 0 Å². The molecule has 1 saturated heterocycles. The van der Waals surface area contributed by atoms with Crippen molar-refractivity contribution >= 4 is 11.4 Å². The van der Waals surface area contributed by atoms with E-state index in [4.69, 9.17) is 5.73 Å². The Morgan fingerprint density at radius 3 is 2.62 bits per heavy atom. The first-order valence-corrected chi connectivity index (χ1v) is 8.15. The molecule has 0 radical (unpaired) electrons. The Bertz CT molecular complexity index is 425. The van der Waals surface area contributed by atoms with Crippen LogP contribution in [-0.4, -0.2) is 51.7 Å². The van der Waals surface area contributed by atoms with E-state index in [-0.39, 0.29) is 0 Å². The lowest BCUT2D eigenvalue weighted by Gasteiger charge is -2.20. The predicted octanol–water partition coefficient (Wildman–Crippen LogP) is 1.95. The van der Waals surface area contributed by atoms with Crippen molar-refractivity contribution in [2.45, 2.75) is 25.7 Å². The summed E-state index contributed by atoms with van der Waals surface area (Å²) in [6, 6.07) is 6.60. The largest absolute Gasteiger partial charge is 0.397 e. The minimum Gasteiger partial charge on any atom is -0.397 e. The molecule has 21 heavy (non-hydrogen) atoms. The molecule has 4 heteroatoms. The molecule has 1 aromatic rings. The molecule has 118 valence electrons. The zero-order valence-electron chi connectivity index (χ0n) is 13.6. The van der Waals surface area contributed by atoms with Gasteiger partial charge < -0.3 is 20.9 Å². The highest BCUT2D eigenvalue weighted by Crippen LogP contribution is 2.27. The van der Waals surface area contributed by atoms with Crippen LogP contribution in [0.5, 0.6) is 0 Å². The summed E-state index contributed by atoms with van der Waals surface area (Å²) in [5.41, 5.74) is 9.74. The second kappa shape index (κ2) is 8.25. The van der Waals surface area contributed by atoms with Gasteiger partial charge in [0.2, 0.25) is 0 Å². The van der Waals surface area contributed by atoms with Crippen LogP contribution in [0.25, 0.3) is 0 Å². The fourth-order valence-corrected chi connectivity index (χ4v) is 2.85. The van der Waals surface area contributed by atoms with Crippen molar-refractivity contribution in [2.75, 3.05) is 57.5 Å². The van der Waals surface area contributed by atoms with Crippen molar-refractivity contribution in [1.29, 1.82) is 0 Å². The Labute approximate surface area is 129 Å². The van der Waals surface area contributed by atoms with Gasteiger partial charge in [-0.15, -0.1) is 0 Å². The van der Waals surface area contributed by atoms with Crippen LogP contribution in [0, 0.1) is 0 Å². The Morgan fingerprint density at radius 2 is 1.95 bits per heavy atom. The molecule has 0 saturated carbocycles. The van der Waals surface area contributed by atoms with Gasteiger partial charge in [-0.3, -0.25) is 0 Å². The number of nitrogens with one attached hydrogen (secondary N) is 1. The van der Waals surface area contributed by atoms with Crippen LogP contribution in [0.1, 0.15) is 24.8 Å². The number of hydrogen-bond donors (Lipinski definition) is 2. The van der Waals surface area contributed by atoms with E-state index in [1.165, 1.54) is 24.1 Å². The molecule has 1 fully saturated rings. The fraction of sp³-hybridized carbons (Fsp3) is 0.647. The number of nitrogens with two attached hydrogens (primary N) is 1. The second-order valence-electron chi connectivity index (χ2n) is 6.24. The highest BCUT2D eigenvalue weighted by atomic mass is 15.1. The van der Waals surface area contributed by atoms with Gasteiger partial charge in [0.25, 0.3) is 0 Å². The van der Waals surface area contributed by atoms with Gasteiger partial charge in [0.1, 0.15) is 0 Å². The van der Waals surface area contributed by atoms with E-state index >= 15 is 0 Å². The number of nitrogen functional groups attached to an aromatic ring is 1. The van der Waals surface area contributed by atoms with Crippen LogP contribution in [0.15, 0.2) is 18.2 Å². The van der Waals surface area contributed by atoms with Gasteiger partial charge in [0.15, 0.2) is 0 Å². The van der Waals surface area contributed by atoms with Crippen molar-refractivity contribution < 1.29 is 0 Å². The number of likely N-dealkylation sites (N-methyl/N-ethyl adjacent to an activating group) is 1. The standard InChI is InChI=1S/C17H30N4/c1-20(2)13-10-19-9-5-6-15-7-8-17(16(18)14-15)21-11-3-4-12-21/h7-8,14,19H,3-6,9-13,18H2,1-2H3. The fourth-order valence-electron chi connectivity index (χ4n) is 2.85. The topological polar surface area (TPSA) is 44.5 Å². The SMILES string of the molecule is CN(C)CCNCCCc1ccc(N2CCCC2)c(N)c1. The van der Waals surface area contributed by atoms with E-state index < -0.39 is 0 Å². The molecule has 0 unspecified atom stereocenters. The molecule has 1 aromatic carbocycles. The molecule has 1 aliphatic rings. The average Bonchev–Trinajstić information content (AvgIpc) is 2.96. The minimum absolute atomic E-state index is 0.940. The van der Waals surface area contributed by atoms with Crippen LogP contribution in [0.4, 0.5) is 11.4 Å². The summed E-state index contributed by atoms with van der Waals surface area (Å²) in [7, 11) is 4.21. The summed E-state index contributed by atoms with van der Waals surface area (Å²) in [6.07, 6.45) is 4.84. The quantitative estimate of drug-likeness (QED) is 0.567. The number of nitrogens with zero attached hydrogens (tertiary/aromatic N) is 2. The lowest BCUT2D eigenvalue weighted by Crippen LogP contribution is -2.27. The van der Waals surface area contributed by atoms with Crippen LogP contribution in [0.2, 0.25) is 0 Å². The first-order valence-electron chi connectivity index (χ1n) is 8.15. The monoisotopic (exact) mass is 290 g/mol. The third-order valence-electron chi connectivity index (χ3n) is 4.09. The molecule has 1 aliphatic heterocycles. The van der Waals surface area contributed by atoms with Gasteiger partial charge in [-0.2, -0.15) is 0 Å². The maximum Gasteiger partial charge on any atom is 0.0600 e. The molecule has 0 bridgehead atoms. The van der Waals surface area contributed by atoms with Gasteiger partial charge in [-0.25, -0.2) is 0 Å². The maximum atomic E-state index is 6.22. The number of rotatable bonds is 8. The number of benzene rings is 1. The summed E-state index contributed by atoms with van der Waals surface area (Å²) in [4.78, 5) is 4.60. The Balaban J connectivity index is 1.73. The Morgan fingerprint density at radius 1 is 1.19 bits per heavy atom. The highest BCUT2D eigenvalue weighted by Gasteiger charge is 2.14. The molecular formula is C17H30N4. The minimum atomic E-state index is 0.940. The highest BCUT2D eigenvalue weighted by molar-refractivity contribution is 5.68. The molecule has 0 aromatic heterocycles. The van der Waals surface area contributed by atoms with Crippen molar-refractivity contribution in [3.05, 3.63) is 23.8 Å². The number of aryl methyl sites for hydroxylation is 1. The summed E-state index contributed by atoms with van der Waals surface area (Å²) in [6.45, 7) is 5.53. The average molecular weight is 290 g/mol. The molecule has 0 amide bonds. The first-order chi connectivity index (χ1) is 10.2. The van der Waals surface area contributed by atoms with E-state index in [1.807, 2.05) is 0 Å². The van der Waals surface area contributed by atoms with Crippen LogP contribution >= 0.6 is 0 Å². The normalized spacial score (nSPS) is 15.1. The lowest BCUT2D eigenvalue weighted by molar-refractivity contribution is 0.400. The molecule has 0 spiro atoms. The van der Waals surface area contributed by atoms with Crippen molar-refractivity contribution in [1.82, 2.24) is 10.2 Å². The van der Waals surface area contributed by atoms with E-state index in [0.29, 0.717) is 0 Å². The zero-order valence-corrected chi connectivity index (χ0v) is 13.6. The van der Waals surface area contributed by atoms with Crippen LogP contribution < -0.4 is 16.0 Å². The van der Waals surface area contributed by atoms with Gasteiger partial charge in [-0.05, 0) is 64.0 Å². The molecular weight excluding hydrogens is 260 g/mol. The van der Waals surface area contributed by atoms with Gasteiger partial charge >= 0.3 is 0 Å². The van der Waals surface area contributed by atoms with Crippen LogP contribution in [0.3, 0.4) is 0 Å². The molecule has 4 nitrogen and oxygen atoms in total. The van der Waals surface area contributed by atoms with Crippen molar-refractivity contribution in [2.24, 2.45) is 0 Å². The number of anilines is 2. The summed E-state index contributed by atoms with van der Waals surface area (Å²) >= 11 is 0. The summed E-state index contributed by atoms with van der Waals surface area (Å²) in [5.74, 6) is 0. The zero-order chi connectivity index (χ0) is 15.1. The van der Waals surface area contributed by atoms with Gasteiger partial charge in [0, 0.05) is 26.2 Å². The predicted molar refractivity (Wildman–Crippen MR) is 92.0 cm³/mol. The third-order valence-corrected chi connectivity index (χ3v) is 4.09. The van der Waals surface area contributed by atoms with Gasteiger partial charge in [-0.1, -0.05) is 6.07 Å².